The molecule has 9 nitrogen and oxygen atoms in total. The summed E-state index contributed by atoms with van der Waals surface area (Å²) in [6, 6.07) is 12.5. The van der Waals surface area contributed by atoms with Crippen LogP contribution in [0, 0.1) is 10.1 Å². The summed E-state index contributed by atoms with van der Waals surface area (Å²) >= 11 is 1.46. The first kappa shape index (κ1) is 23.2. The molecule has 0 atom stereocenters. The Bertz CT molecular complexity index is 1170. The summed E-state index contributed by atoms with van der Waals surface area (Å²) in [4.78, 5) is 38.0. The van der Waals surface area contributed by atoms with Crippen molar-refractivity contribution in [1.29, 1.82) is 0 Å². The minimum absolute atomic E-state index is 0.0448. The van der Waals surface area contributed by atoms with Gasteiger partial charge < -0.3 is 19.7 Å². The van der Waals surface area contributed by atoms with Gasteiger partial charge in [0.1, 0.15) is 17.2 Å². The molecule has 0 saturated carbocycles. The fraction of sp³-hybridized carbons (Fsp3) is 0.250. The van der Waals surface area contributed by atoms with Gasteiger partial charge >= 0.3 is 0 Å². The molecule has 0 bridgehead atoms. The predicted molar refractivity (Wildman–Crippen MR) is 127 cm³/mol. The number of methoxy groups -OCH3 is 1. The number of ether oxygens (including phenoxy) is 2. The number of amides is 2. The molecule has 176 valence electrons. The Kier molecular flexibility index (Phi) is 7.07. The normalized spacial score (nSPS) is 13.9. The van der Waals surface area contributed by atoms with E-state index in [1.807, 2.05) is 5.38 Å². The molecule has 2 aromatic carbocycles. The molecular formula is C24H23N3O6S. The van der Waals surface area contributed by atoms with Crippen LogP contribution in [-0.2, 0) is 0 Å². The molecule has 1 aromatic heterocycles. The second kappa shape index (κ2) is 10.3. The molecule has 4 rings (SSSR count). The number of nitro groups is 1. The van der Waals surface area contributed by atoms with Crippen LogP contribution >= 0.6 is 11.3 Å². The number of rotatable bonds is 7. The van der Waals surface area contributed by atoms with Crippen LogP contribution in [-0.4, -0.2) is 47.9 Å². The quantitative estimate of drug-likeness (QED) is 0.393. The van der Waals surface area contributed by atoms with E-state index < -0.39 is 4.92 Å². The Balaban J connectivity index is 1.47. The standard InChI is InChI=1S/C24H23N3O6S/c1-32-19-3-5-20(6-4-19)33-22-7-2-18(27(30)31)14-21(22)24(29)26-11-8-17(9-12-26)25-23(28)16-10-13-34-15-16/h2-7,10,13-15,17H,8-9,11-12H2,1H3,(H,25,28). The second-order valence-corrected chi connectivity index (χ2v) is 8.55. The van der Waals surface area contributed by atoms with E-state index in [1.165, 1.54) is 29.5 Å². The molecule has 0 unspecified atom stereocenters. The Morgan fingerprint density at radius 2 is 1.79 bits per heavy atom. The molecule has 3 aromatic rings. The number of benzene rings is 2. The number of carbonyl (C=O) groups is 2. The van der Waals surface area contributed by atoms with Crippen LogP contribution in [0.5, 0.6) is 17.2 Å². The molecule has 1 saturated heterocycles. The fourth-order valence-corrected chi connectivity index (χ4v) is 4.35. The number of nitro benzene ring substituents is 1. The number of likely N-dealkylation sites (tertiary alicyclic amines) is 1. The van der Waals surface area contributed by atoms with E-state index in [0.717, 1.165) is 0 Å². The predicted octanol–water partition coefficient (Wildman–Crippen LogP) is 4.49. The van der Waals surface area contributed by atoms with Crippen LogP contribution in [0.2, 0.25) is 0 Å². The van der Waals surface area contributed by atoms with Gasteiger partial charge in [0.05, 0.1) is 17.6 Å². The summed E-state index contributed by atoms with van der Waals surface area (Å²) in [6.07, 6.45) is 1.18. The lowest BCUT2D eigenvalue weighted by molar-refractivity contribution is -0.384. The molecule has 0 spiro atoms. The number of non-ortho nitro benzene ring substituents is 1. The van der Waals surface area contributed by atoms with Gasteiger partial charge in [-0.05, 0) is 54.6 Å². The highest BCUT2D eigenvalue weighted by atomic mass is 32.1. The number of nitrogens with one attached hydrogen (secondary N) is 1. The average Bonchev–Trinajstić information content (AvgIpc) is 3.40. The second-order valence-electron chi connectivity index (χ2n) is 7.77. The largest absolute Gasteiger partial charge is 0.497 e. The Labute approximate surface area is 200 Å². The molecule has 0 radical (unpaired) electrons. The smallest absolute Gasteiger partial charge is 0.270 e. The third-order valence-electron chi connectivity index (χ3n) is 5.59. The van der Waals surface area contributed by atoms with Gasteiger partial charge in [-0.2, -0.15) is 11.3 Å². The van der Waals surface area contributed by atoms with Crippen molar-refractivity contribution in [2.24, 2.45) is 0 Å². The van der Waals surface area contributed by atoms with Gasteiger partial charge in [0.15, 0.2) is 0 Å². The van der Waals surface area contributed by atoms with Gasteiger partial charge in [0, 0.05) is 42.2 Å². The molecule has 2 amide bonds. The lowest BCUT2D eigenvalue weighted by atomic mass is 10.0. The van der Waals surface area contributed by atoms with E-state index in [4.69, 9.17) is 9.47 Å². The zero-order chi connectivity index (χ0) is 24.1. The van der Waals surface area contributed by atoms with E-state index in [-0.39, 0.29) is 34.9 Å². The Morgan fingerprint density at radius 1 is 1.09 bits per heavy atom. The van der Waals surface area contributed by atoms with E-state index in [2.05, 4.69) is 5.32 Å². The first-order valence-electron chi connectivity index (χ1n) is 10.7. The van der Waals surface area contributed by atoms with Crippen LogP contribution in [0.1, 0.15) is 33.6 Å². The molecule has 34 heavy (non-hydrogen) atoms. The highest BCUT2D eigenvalue weighted by Crippen LogP contribution is 2.31. The number of hydrogen-bond donors (Lipinski definition) is 1. The van der Waals surface area contributed by atoms with Gasteiger partial charge in [0.2, 0.25) is 0 Å². The molecule has 10 heteroatoms. The van der Waals surface area contributed by atoms with E-state index in [0.29, 0.717) is 43.0 Å². The Morgan fingerprint density at radius 3 is 2.41 bits per heavy atom. The van der Waals surface area contributed by atoms with Crippen molar-refractivity contribution in [2.45, 2.75) is 18.9 Å². The molecule has 0 aliphatic carbocycles. The summed E-state index contributed by atoms with van der Waals surface area (Å²) in [5, 5.41) is 18.0. The van der Waals surface area contributed by atoms with Crippen molar-refractivity contribution < 1.29 is 24.0 Å². The molecule has 1 fully saturated rings. The van der Waals surface area contributed by atoms with Crippen molar-refractivity contribution in [1.82, 2.24) is 10.2 Å². The number of nitrogens with zero attached hydrogens (tertiary/aromatic N) is 2. The molecule has 2 heterocycles. The topological polar surface area (TPSA) is 111 Å². The minimum atomic E-state index is -0.542. The van der Waals surface area contributed by atoms with Crippen molar-refractivity contribution in [3.8, 4) is 17.2 Å². The average molecular weight is 482 g/mol. The molecule has 1 aliphatic heterocycles. The van der Waals surface area contributed by atoms with Crippen molar-refractivity contribution in [3.05, 3.63) is 80.5 Å². The summed E-state index contributed by atoms with van der Waals surface area (Å²) in [6.45, 7) is 0.830. The van der Waals surface area contributed by atoms with E-state index in [9.17, 15) is 19.7 Å². The first-order chi connectivity index (χ1) is 16.4. The monoisotopic (exact) mass is 481 g/mol. The van der Waals surface area contributed by atoms with Crippen molar-refractivity contribution >= 4 is 28.8 Å². The van der Waals surface area contributed by atoms with Crippen LogP contribution in [0.3, 0.4) is 0 Å². The first-order valence-corrected chi connectivity index (χ1v) is 11.6. The van der Waals surface area contributed by atoms with Gasteiger partial charge in [0.25, 0.3) is 17.5 Å². The van der Waals surface area contributed by atoms with E-state index in [1.54, 1.807) is 47.7 Å². The lowest BCUT2D eigenvalue weighted by Crippen LogP contribution is -2.46. The zero-order valence-electron chi connectivity index (χ0n) is 18.4. The highest BCUT2D eigenvalue weighted by molar-refractivity contribution is 7.08. The van der Waals surface area contributed by atoms with Crippen LogP contribution in [0.25, 0.3) is 0 Å². The third-order valence-corrected chi connectivity index (χ3v) is 6.28. The van der Waals surface area contributed by atoms with Gasteiger partial charge in [-0.1, -0.05) is 0 Å². The van der Waals surface area contributed by atoms with Crippen LogP contribution < -0.4 is 14.8 Å². The molecule has 1 aliphatic rings. The number of carbonyl (C=O) groups excluding carboxylic acids is 2. The number of hydrogen-bond acceptors (Lipinski definition) is 7. The highest BCUT2D eigenvalue weighted by Gasteiger charge is 2.28. The van der Waals surface area contributed by atoms with Crippen molar-refractivity contribution in [2.75, 3.05) is 20.2 Å². The maximum atomic E-state index is 13.3. The van der Waals surface area contributed by atoms with Crippen molar-refractivity contribution in [3.63, 3.8) is 0 Å². The fourth-order valence-electron chi connectivity index (χ4n) is 3.72. The molecule has 1 N–H and O–H groups in total. The van der Waals surface area contributed by atoms with Crippen LogP contribution in [0.15, 0.2) is 59.3 Å². The summed E-state index contributed by atoms with van der Waals surface area (Å²) in [5.41, 5.74) is 0.551. The minimum Gasteiger partial charge on any atom is -0.497 e. The number of thiophene rings is 1. The summed E-state index contributed by atoms with van der Waals surface area (Å²) < 4.78 is 11.0. The maximum absolute atomic E-state index is 13.3. The maximum Gasteiger partial charge on any atom is 0.270 e. The van der Waals surface area contributed by atoms with Gasteiger partial charge in [-0.25, -0.2) is 0 Å². The third kappa shape index (κ3) is 5.34. The molecular weight excluding hydrogens is 458 g/mol. The van der Waals surface area contributed by atoms with Gasteiger partial charge in [-0.3, -0.25) is 19.7 Å². The SMILES string of the molecule is COc1ccc(Oc2ccc([N+](=O)[O-])cc2C(=O)N2CCC(NC(=O)c3ccsc3)CC2)cc1. The summed E-state index contributed by atoms with van der Waals surface area (Å²) in [7, 11) is 1.56. The Hall–Kier alpha value is -3.92. The lowest BCUT2D eigenvalue weighted by Gasteiger charge is -2.32. The van der Waals surface area contributed by atoms with Crippen LogP contribution in [0.4, 0.5) is 5.69 Å². The zero-order valence-corrected chi connectivity index (χ0v) is 19.2. The summed E-state index contributed by atoms with van der Waals surface area (Å²) in [5.74, 6) is 0.878. The van der Waals surface area contributed by atoms with E-state index >= 15 is 0 Å². The van der Waals surface area contributed by atoms with Gasteiger partial charge in [-0.15, -0.1) is 0 Å². The number of piperidine rings is 1.